The van der Waals surface area contributed by atoms with E-state index in [0.717, 1.165) is 29.7 Å². The normalized spacial score (nSPS) is 11.2. The predicted octanol–water partition coefficient (Wildman–Crippen LogP) is 3.81. The fourth-order valence-corrected chi connectivity index (χ4v) is 5.17. The minimum atomic E-state index is 0.930. The van der Waals surface area contributed by atoms with Crippen molar-refractivity contribution in [1.82, 2.24) is 20.2 Å². The van der Waals surface area contributed by atoms with Gasteiger partial charge in [0.15, 0.2) is 8.68 Å². The lowest BCUT2D eigenvalue weighted by Crippen LogP contribution is -1.82. The largest absolute Gasteiger partial charge is 0.235 e. The van der Waals surface area contributed by atoms with Crippen LogP contribution in [0.5, 0.6) is 0 Å². The highest BCUT2D eigenvalue weighted by molar-refractivity contribution is 8.03. The van der Waals surface area contributed by atoms with E-state index in [0.29, 0.717) is 0 Å². The Balaban J connectivity index is 1.88. The Kier molecular flexibility index (Phi) is 3.78. The van der Waals surface area contributed by atoms with Gasteiger partial charge in [-0.3, -0.25) is 0 Å². The number of thioether (sulfide) groups is 1. The molecule has 0 radical (unpaired) electrons. The Bertz CT molecular complexity index is 663. The van der Waals surface area contributed by atoms with Crippen molar-refractivity contribution in [1.29, 1.82) is 0 Å². The van der Waals surface area contributed by atoms with Gasteiger partial charge in [-0.2, -0.15) is 0 Å². The summed E-state index contributed by atoms with van der Waals surface area (Å²) in [6.07, 6.45) is 1.60. The average Bonchev–Trinajstić information content (AvgIpc) is 2.99. The van der Waals surface area contributed by atoms with E-state index < -0.39 is 0 Å². The summed E-state index contributed by atoms with van der Waals surface area (Å²) in [5.41, 5.74) is 0.991. The molecule has 3 aromatic rings. The zero-order valence-corrected chi connectivity index (χ0v) is 12.6. The summed E-state index contributed by atoms with van der Waals surface area (Å²) in [6, 6.07) is 2.00. The maximum atomic E-state index is 4.32. The second kappa shape index (κ2) is 5.52. The molecular weight excluding hydrogens is 304 g/mol. The molecule has 0 saturated carbocycles. The van der Waals surface area contributed by atoms with Crippen LogP contribution in [0.2, 0.25) is 0 Å². The number of rotatable bonds is 4. The standard InChI is InChI=1S/C10H8N4S4/c1-2-15-9-13-14-10(18-9)17-8-7-6(3-4-16-7)11-5-12-8/h3-5H,2H2,1H3. The first-order chi connectivity index (χ1) is 8.86. The average molecular weight is 312 g/mol. The number of fused-ring (bicyclic) bond motifs is 1. The van der Waals surface area contributed by atoms with Gasteiger partial charge in [0, 0.05) is 0 Å². The molecule has 0 aliphatic heterocycles. The summed E-state index contributed by atoms with van der Waals surface area (Å²) in [5, 5.41) is 11.3. The Hall–Kier alpha value is -0.700. The molecule has 0 saturated heterocycles. The van der Waals surface area contributed by atoms with Gasteiger partial charge in [0.25, 0.3) is 0 Å². The molecule has 3 heterocycles. The quantitative estimate of drug-likeness (QED) is 0.539. The predicted molar refractivity (Wildman–Crippen MR) is 77.8 cm³/mol. The number of hydrogen-bond donors (Lipinski definition) is 0. The van der Waals surface area contributed by atoms with Crippen molar-refractivity contribution in [3.8, 4) is 0 Å². The van der Waals surface area contributed by atoms with Gasteiger partial charge < -0.3 is 0 Å². The molecule has 0 aliphatic carbocycles. The lowest BCUT2D eigenvalue weighted by Gasteiger charge is -1.96. The fourth-order valence-electron chi connectivity index (χ4n) is 1.34. The second-order valence-electron chi connectivity index (χ2n) is 3.18. The van der Waals surface area contributed by atoms with E-state index in [9.17, 15) is 0 Å². The van der Waals surface area contributed by atoms with Gasteiger partial charge in [-0.05, 0) is 29.0 Å². The molecule has 0 bridgehead atoms. The van der Waals surface area contributed by atoms with Crippen molar-refractivity contribution < 1.29 is 0 Å². The van der Waals surface area contributed by atoms with Crippen molar-refractivity contribution in [2.45, 2.75) is 20.6 Å². The van der Waals surface area contributed by atoms with Crippen molar-refractivity contribution in [3.05, 3.63) is 17.8 Å². The molecule has 0 aliphatic rings. The molecule has 4 nitrogen and oxygen atoms in total. The Morgan fingerprint density at radius 2 is 2.11 bits per heavy atom. The summed E-state index contributed by atoms with van der Waals surface area (Å²) >= 11 is 6.54. The summed E-state index contributed by atoms with van der Waals surface area (Å²) < 4.78 is 3.05. The number of nitrogens with zero attached hydrogens (tertiary/aromatic N) is 4. The van der Waals surface area contributed by atoms with Crippen LogP contribution in [0.3, 0.4) is 0 Å². The minimum absolute atomic E-state index is 0.930. The SMILES string of the molecule is CCSc1nnc(Sc2ncnc3ccsc23)s1. The molecule has 0 unspecified atom stereocenters. The van der Waals surface area contributed by atoms with Crippen LogP contribution in [0, 0.1) is 0 Å². The van der Waals surface area contributed by atoms with Gasteiger partial charge in [0.2, 0.25) is 0 Å². The molecule has 0 amide bonds. The van der Waals surface area contributed by atoms with E-state index in [4.69, 9.17) is 0 Å². The lowest BCUT2D eigenvalue weighted by molar-refractivity contribution is 0.953. The van der Waals surface area contributed by atoms with E-state index >= 15 is 0 Å². The molecule has 18 heavy (non-hydrogen) atoms. The van der Waals surface area contributed by atoms with Crippen LogP contribution in [0.15, 0.2) is 31.5 Å². The van der Waals surface area contributed by atoms with Crippen molar-refractivity contribution in [2.75, 3.05) is 5.75 Å². The summed E-state index contributed by atoms with van der Waals surface area (Å²) in [6.45, 7) is 2.11. The van der Waals surface area contributed by atoms with E-state index in [1.807, 2.05) is 11.4 Å². The number of hydrogen-bond acceptors (Lipinski definition) is 8. The fraction of sp³-hybridized carbons (Fsp3) is 0.200. The highest BCUT2D eigenvalue weighted by atomic mass is 32.2. The van der Waals surface area contributed by atoms with E-state index in [2.05, 4.69) is 27.1 Å². The topological polar surface area (TPSA) is 51.6 Å². The third kappa shape index (κ3) is 2.51. The molecule has 0 atom stereocenters. The van der Waals surface area contributed by atoms with Crippen LogP contribution in [0.4, 0.5) is 0 Å². The zero-order chi connectivity index (χ0) is 12.4. The first-order valence-electron chi connectivity index (χ1n) is 5.19. The number of thiophene rings is 1. The third-order valence-electron chi connectivity index (χ3n) is 2.05. The molecule has 0 spiro atoms. The Morgan fingerprint density at radius 1 is 1.22 bits per heavy atom. The van der Waals surface area contributed by atoms with Crippen molar-refractivity contribution in [3.63, 3.8) is 0 Å². The highest BCUT2D eigenvalue weighted by Gasteiger charge is 2.10. The lowest BCUT2D eigenvalue weighted by atomic mass is 10.5. The molecule has 8 heteroatoms. The van der Waals surface area contributed by atoms with Gasteiger partial charge in [-0.1, -0.05) is 30.0 Å². The zero-order valence-electron chi connectivity index (χ0n) is 9.36. The molecule has 92 valence electrons. The van der Waals surface area contributed by atoms with Gasteiger partial charge in [-0.15, -0.1) is 21.5 Å². The van der Waals surface area contributed by atoms with E-state index in [1.165, 1.54) is 0 Å². The van der Waals surface area contributed by atoms with Crippen LogP contribution >= 0.6 is 46.2 Å². The first kappa shape index (κ1) is 12.3. The smallest absolute Gasteiger partial charge is 0.181 e. The minimum Gasteiger partial charge on any atom is -0.235 e. The molecule has 0 N–H and O–H groups in total. The van der Waals surface area contributed by atoms with Gasteiger partial charge in [0.1, 0.15) is 11.4 Å². The molecule has 0 aromatic carbocycles. The van der Waals surface area contributed by atoms with Gasteiger partial charge >= 0.3 is 0 Å². The van der Waals surface area contributed by atoms with Crippen molar-refractivity contribution in [2.24, 2.45) is 0 Å². The van der Waals surface area contributed by atoms with Gasteiger partial charge in [0.05, 0.1) is 10.2 Å². The Labute approximate surface area is 120 Å². The van der Waals surface area contributed by atoms with Crippen LogP contribution in [-0.2, 0) is 0 Å². The molecule has 0 fully saturated rings. The molecule has 3 aromatic heterocycles. The van der Waals surface area contributed by atoms with Crippen molar-refractivity contribution >= 4 is 56.4 Å². The second-order valence-corrected chi connectivity index (χ2v) is 7.82. The summed E-state index contributed by atoms with van der Waals surface area (Å²) in [4.78, 5) is 8.55. The van der Waals surface area contributed by atoms with Crippen LogP contribution in [0.1, 0.15) is 6.92 Å². The maximum absolute atomic E-state index is 4.32. The number of aromatic nitrogens is 4. The first-order valence-corrected chi connectivity index (χ1v) is 8.69. The highest BCUT2D eigenvalue weighted by Crippen LogP contribution is 2.36. The molecule has 3 rings (SSSR count). The monoisotopic (exact) mass is 312 g/mol. The maximum Gasteiger partial charge on any atom is 0.181 e. The van der Waals surface area contributed by atoms with Gasteiger partial charge in [-0.25, -0.2) is 9.97 Å². The molecular formula is C10H8N4S4. The summed E-state index contributed by atoms with van der Waals surface area (Å²) in [7, 11) is 0. The summed E-state index contributed by atoms with van der Waals surface area (Å²) in [5.74, 6) is 1.02. The Morgan fingerprint density at radius 3 is 3.00 bits per heavy atom. The third-order valence-corrected chi connectivity index (χ3v) is 6.08. The van der Waals surface area contributed by atoms with E-state index in [1.54, 1.807) is 52.5 Å². The van der Waals surface area contributed by atoms with Crippen LogP contribution in [-0.4, -0.2) is 25.9 Å². The van der Waals surface area contributed by atoms with Crippen LogP contribution in [0.25, 0.3) is 10.2 Å². The van der Waals surface area contributed by atoms with E-state index in [-0.39, 0.29) is 0 Å². The van der Waals surface area contributed by atoms with Crippen LogP contribution < -0.4 is 0 Å².